The summed E-state index contributed by atoms with van der Waals surface area (Å²) in [7, 11) is 0. The molecule has 1 spiro atoms. The molecular weight excluding hydrogens is 212 g/mol. The van der Waals surface area contributed by atoms with E-state index >= 15 is 0 Å². The first-order valence-electron chi connectivity index (χ1n) is 6.76. The molecule has 2 aliphatic rings. The van der Waals surface area contributed by atoms with Crippen LogP contribution in [0.4, 0.5) is 0 Å². The van der Waals surface area contributed by atoms with Gasteiger partial charge in [0, 0.05) is 25.7 Å². The summed E-state index contributed by atoms with van der Waals surface area (Å²) in [5, 5.41) is 0. The maximum Gasteiger partial charge on any atom is 0.191 e. The molecule has 0 bridgehead atoms. The molecule has 1 unspecified atom stereocenters. The van der Waals surface area contributed by atoms with Crippen LogP contribution in [0.15, 0.2) is 4.99 Å². The summed E-state index contributed by atoms with van der Waals surface area (Å²) in [6.07, 6.45) is 1.20. The van der Waals surface area contributed by atoms with Crippen LogP contribution in [-0.4, -0.2) is 53.5 Å². The average Bonchev–Trinajstić information content (AvgIpc) is 2.78. The number of guanidine groups is 1. The Labute approximate surface area is 105 Å². The molecule has 2 rings (SSSR count). The van der Waals surface area contributed by atoms with Crippen LogP contribution in [0.2, 0.25) is 0 Å². The second-order valence-electron chi connectivity index (χ2n) is 6.22. The molecule has 98 valence electrons. The third kappa shape index (κ3) is 2.28. The van der Waals surface area contributed by atoms with Gasteiger partial charge in [-0.15, -0.1) is 0 Å². The highest BCUT2D eigenvalue weighted by Gasteiger charge is 2.47. The van der Waals surface area contributed by atoms with E-state index in [0.29, 0.717) is 12.0 Å². The van der Waals surface area contributed by atoms with Gasteiger partial charge in [-0.05, 0) is 26.2 Å². The molecule has 2 heterocycles. The first-order valence-corrected chi connectivity index (χ1v) is 6.76. The predicted molar refractivity (Wildman–Crippen MR) is 72.1 cm³/mol. The first-order chi connectivity index (χ1) is 7.94. The van der Waals surface area contributed by atoms with E-state index in [-0.39, 0.29) is 5.54 Å². The third-order valence-corrected chi connectivity index (χ3v) is 4.02. The van der Waals surface area contributed by atoms with E-state index in [0.717, 1.165) is 25.6 Å². The Bertz CT molecular complexity index is 311. The molecule has 0 aliphatic carbocycles. The Hall–Kier alpha value is -0.770. The van der Waals surface area contributed by atoms with Crippen molar-refractivity contribution in [2.24, 2.45) is 16.6 Å². The number of likely N-dealkylation sites (tertiary alicyclic amines) is 1. The maximum atomic E-state index is 6.06. The SMILES string of the molecule is CC(C)CN1C(N)=NCC12CCN(C(C)C)C2. The fraction of sp³-hybridized carbons (Fsp3) is 0.923. The Balaban J connectivity index is 2.10. The number of nitrogens with two attached hydrogens (primary N) is 1. The molecule has 0 amide bonds. The van der Waals surface area contributed by atoms with Crippen LogP contribution in [0.5, 0.6) is 0 Å². The highest BCUT2D eigenvalue weighted by atomic mass is 15.4. The molecule has 2 aliphatic heterocycles. The van der Waals surface area contributed by atoms with Crippen molar-refractivity contribution < 1.29 is 0 Å². The summed E-state index contributed by atoms with van der Waals surface area (Å²) in [5.74, 6) is 1.39. The van der Waals surface area contributed by atoms with Crippen molar-refractivity contribution in [1.82, 2.24) is 9.80 Å². The summed E-state index contributed by atoms with van der Waals surface area (Å²) in [5.41, 5.74) is 6.25. The molecular formula is C13H26N4. The number of hydrogen-bond donors (Lipinski definition) is 1. The van der Waals surface area contributed by atoms with E-state index in [1.807, 2.05) is 0 Å². The summed E-state index contributed by atoms with van der Waals surface area (Å²) in [6, 6.07) is 0.622. The highest BCUT2D eigenvalue weighted by molar-refractivity contribution is 5.81. The molecule has 0 aromatic heterocycles. The second-order valence-corrected chi connectivity index (χ2v) is 6.22. The van der Waals surface area contributed by atoms with Crippen molar-refractivity contribution >= 4 is 5.96 Å². The van der Waals surface area contributed by atoms with Gasteiger partial charge in [0.2, 0.25) is 0 Å². The molecule has 0 aromatic carbocycles. The minimum absolute atomic E-state index is 0.193. The van der Waals surface area contributed by atoms with Crippen molar-refractivity contribution in [3.63, 3.8) is 0 Å². The van der Waals surface area contributed by atoms with Gasteiger partial charge in [0.25, 0.3) is 0 Å². The number of aliphatic imine (C=N–C) groups is 1. The van der Waals surface area contributed by atoms with Crippen LogP contribution in [0.25, 0.3) is 0 Å². The quantitative estimate of drug-likeness (QED) is 0.801. The second kappa shape index (κ2) is 4.48. The third-order valence-electron chi connectivity index (χ3n) is 4.02. The van der Waals surface area contributed by atoms with Gasteiger partial charge in [0.1, 0.15) is 0 Å². The minimum atomic E-state index is 0.193. The topological polar surface area (TPSA) is 44.9 Å². The lowest BCUT2D eigenvalue weighted by Gasteiger charge is -2.37. The van der Waals surface area contributed by atoms with E-state index in [1.165, 1.54) is 13.0 Å². The van der Waals surface area contributed by atoms with Crippen LogP contribution in [0.3, 0.4) is 0 Å². The van der Waals surface area contributed by atoms with Gasteiger partial charge in [-0.2, -0.15) is 0 Å². The smallest absolute Gasteiger partial charge is 0.191 e. The van der Waals surface area contributed by atoms with Gasteiger partial charge in [-0.1, -0.05) is 13.8 Å². The van der Waals surface area contributed by atoms with Crippen molar-refractivity contribution in [3.05, 3.63) is 0 Å². The lowest BCUT2D eigenvalue weighted by Crippen LogP contribution is -2.54. The molecule has 1 fully saturated rings. The zero-order chi connectivity index (χ0) is 12.6. The summed E-state index contributed by atoms with van der Waals surface area (Å²) in [4.78, 5) is 9.40. The van der Waals surface area contributed by atoms with Gasteiger partial charge in [0.05, 0.1) is 12.1 Å². The summed E-state index contributed by atoms with van der Waals surface area (Å²) in [6.45, 7) is 13.2. The Morgan fingerprint density at radius 1 is 1.35 bits per heavy atom. The van der Waals surface area contributed by atoms with Gasteiger partial charge in [0.15, 0.2) is 5.96 Å². The van der Waals surface area contributed by atoms with Crippen LogP contribution < -0.4 is 5.73 Å². The van der Waals surface area contributed by atoms with E-state index in [4.69, 9.17) is 5.73 Å². The molecule has 17 heavy (non-hydrogen) atoms. The standard InChI is InChI=1S/C13H26N4/c1-10(2)7-17-12(14)15-8-13(17)5-6-16(9-13)11(3)4/h10-11H,5-9H2,1-4H3,(H2,14,15). The zero-order valence-electron chi connectivity index (χ0n) is 11.6. The molecule has 1 atom stereocenters. The van der Waals surface area contributed by atoms with Crippen molar-refractivity contribution in [2.75, 3.05) is 26.2 Å². The summed E-state index contributed by atoms with van der Waals surface area (Å²) < 4.78 is 0. The predicted octanol–water partition coefficient (Wildman–Crippen LogP) is 1.13. The van der Waals surface area contributed by atoms with E-state index in [1.54, 1.807) is 0 Å². The van der Waals surface area contributed by atoms with E-state index < -0.39 is 0 Å². The normalized spacial score (nSPS) is 30.0. The van der Waals surface area contributed by atoms with Gasteiger partial charge >= 0.3 is 0 Å². The van der Waals surface area contributed by atoms with Crippen molar-refractivity contribution in [1.29, 1.82) is 0 Å². The largest absolute Gasteiger partial charge is 0.370 e. The van der Waals surface area contributed by atoms with E-state index in [9.17, 15) is 0 Å². The molecule has 1 saturated heterocycles. The molecule has 0 radical (unpaired) electrons. The average molecular weight is 238 g/mol. The first kappa shape index (κ1) is 12.7. The lowest BCUT2D eigenvalue weighted by molar-refractivity contribution is 0.169. The van der Waals surface area contributed by atoms with Crippen molar-refractivity contribution in [2.45, 2.75) is 45.7 Å². The number of hydrogen-bond acceptors (Lipinski definition) is 4. The van der Waals surface area contributed by atoms with Gasteiger partial charge < -0.3 is 10.6 Å². The Morgan fingerprint density at radius 2 is 2.06 bits per heavy atom. The Morgan fingerprint density at radius 3 is 2.59 bits per heavy atom. The lowest BCUT2D eigenvalue weighted by atomic mass is 9.96. The van der Waals surface area contributed by atoms with Crippen LogP contribution in [-0.2, 0) is 0 Å². The van der Waals surface area contributed by atoms with Crippen molar-refractivity contribution in [3.8, 4) is 0 Å². The van der Waals surface area contributed by atoms with E-state index in [2.05, 4.69) is 42.5 Å². The molecule has 4 nitrogen and oxygen atoms in total. The number of rotatable bonds is 3. The molecule has 2 N–H and O–H groups in total. The van der Waals surface area contributed by atoms with Gasteiger partial charge in [-0.25, -0.2) is 0 Å². The van der Waals surface area contributed by atoms with Crippen LogP contribution in [0.1, 0.15) is 34.1 Å². The molecule has 0 saturated carbocycles. The van der Waals surface area contributed by atoms with Crippen LogP contribution in [0, 0.1) is 5.92 Å². The van der Waals surface area contributed by atoms with Crippen LogP contribution >= 0.6 is 0 Å². The molecule has 0 aromatic rings. The monoisotopic (exact) mass is 238 g/mol. The zero-order valence-corrected chi connectivity index (χ0v) is 11.6. The fourth-order valence-electron chi connectivity index (χ4n) is 2.97. The summed E-state index contributed by atoms with van der Waals surface area (Å²) >= 11 is 0. The maximum absolute atomic E-state index is 6.06. The highest BCUT2D eigenvalue weighted by Crippen LogP contribution is 2.33. The minimum Gasteiger partial charge on any atom is -0.370 e. The van der Waals surface area contributed by atoms with Gasteiger partial charge in [-0.3, -0.25) is 9.89 Å². The Kier molecular flexibility index (Phi) is 3.34. The molecule has 4 heteroatoms. The fourth-order valence-corrected chi connectivity index (χ4v) is 2.97. The number of nitrogens with zero attached hydrogens (tertiary/aromatic N) is 3.